The summed E-state index contributed by atoms with van der Waals surface area (Å²) in [4.78, 5) is 11.5. The molecule has 2 aliphatic carbocycles. The van der Waals surface area contributed by atoms with Crippen LogP contribution in [0.1, 0.15) is 47.0 Å². The largest absolute Gasteiger partial charge is 0.467 e. The minimum Gasteiger partial charge on any atom is -0.467 e. The van der Waals surface area contributed by atoms with Crippen molar-refractivity contribution in [3.8, 4) is 0 Å². The van der Waals surface area contributed by atoms with Crippen molar-refractivity contribution in [2.24, 2.45) is 16.7 Å². The molecule has 110 valence electrons. The van der Waals surface area contributed by atoms with E-state index >= 15 is 0 Å². The third kappa shape index (κ3) is 2.09. The SMILES string of the molecule is COC(=O)C(C)(O)COC1CC2CCC1(C)C2(C)C. The first-order chi connectivity index (χ1) is 8.65. The van der Waals surface area contributed by atoms with Gasteiger partial charge in [-0.05, 0) is 42.9 Å². The summed E-state index contributed by atoms with van der Waals surface area (Å²) < 4.78 is 10.5. The van der Waals surface area contributed by atoms with Gasteiger partial charge in [-0.2, -0.15) is 0 Å². The lowest BCUT2D eigenvalue weighted by Gasteiger charge is -2.39. The normalized spacial score (nSPS) is 39.1. The molecule has 19 heavy (non-hydrogen) atoms. The Labute approximate surface area is 115 Å². The van der Waals surface area contributed by atoms with E-state index in [1.165, 1.54) is 20.5 Å². The fourth-order valence-electron chi connectivity index (χ4n) is 3.92. The highest BCUT2D eigenvalue weighted by atomic mass is 16.6. The summed E-state index contributed by atoms with van der Waals surface area (Å²) >= 11 is 0. The summed E-state index contributed by atoms with van der Waals surface area (Å²) in [6.45, 7) is 8.35. The van der Waals surface area contributed by atoms with Crippen molar-refractivity contribution >= 4 is 5.97 Å². The Morgan fingerprint density at radius 1 is 1.42 bits per heavy atom. The summed E-state index contributed by atoms with van der Waals surface area (Å²) in [7, 11) is 1.28. The molecule has 4 atom stereocenters. The first kappa shape index (κ1) is 14.8. The Bertz CT molecular complexity index is 374. The molecule has 0 spiro atoms. The van der Waals surface area contributed by atoms with Crippen LogP contribution in [0.4, 0.5) is 0 Å². The molecular weight excluding hydrogens is 244 g/mol. The fourth-order valence-corrected chi connectivity index (χ4v) is 3.92. The van der Waals surface area contributed by atoms with E-state index in [1.54, 1.807) is 0 Å². The second-order valence-electron chi connectivity index (χ2n) is 7.18. The molecule has 0 aromatic carbocycles. The Balaban J connectivity index is 2.01. The Morgan fingerprint density at radius 2 is 2.05 bits per heavy atom. The minimum absolute atomic E-state index is 0.00271. The maximum atomic E-state index is 11.5. The standard InChI is InChI=1S/C15H26O4/c1-13(2)10-6-7-14(13,3)11(8-10)19-9-15(4,17)12(16)18-5/h10-11,17H,6-9H2,1-5H3. The zero-order valence-corrected chi connectivity index (χ0v) is 12.7. The van der Waals surface area contributed by atoms with E-state index in [-0.39, 0.29) is 23.5 Å². The molecule has 2 saturated carbocycles. The first-order valence-corrected chi connectivity index (χ1v) is 7.07. The predicted octanol–water partition coefficient (Wildman–Crippen LogP) is 2.14. The van der Waals surface area contributed by atoms with Crippen molar-refractivity contribution < 1.29 is 19.4 Å². The van der Waals surface area contributed by atoms with Gasteiger partial charge in [0.15, 0.2) is 5.60 Å². The van der Waals surface area contributed by atoms with Gasteiger partial charge in [-0.15, -0.1) is 0 Å². The van der Waals surface area contributed by atoms with Crippen LogP contribution in [0.15, 0.2) is 0 Å². The van der Waals surface area contributed by atoms with Gasteiger partial charge < -0.3 is 14.6 Å². The van der Waals surface area contributed by atoms with E-state index < -0.39 is 11.6 Å². The number of hydrogen-bond acceptors (Lipinski definition) is 4. The van der Waals surface area contributed by atoms with Crippen molar-refractivity contribution in [2.75, 3.05) is 13.7 Å². The van der Waals surface area contributed by atoms with Crippen molar-refractivity contribution in [1.29, 1.82) is 0 Å². The molecule has 0 aromatic heterocycles. The highest BCUT2D eigenvalue weighted by molar-refractivity contribution is 5.78. The van der Waals surface area contributed by atoms with Gasteiger partial charge in [0.25, 0.3) is 0 Å². The maximum Gasteiger partial charge on any atom is 0.339 e. The van der Waals surface area contributed by atoms with Crippen LogP contribution >= 0.6 is 0 Å². The molecule has 4 unspecified atom stereocenters. The lowest BCUT2D eigenvalue weighted by Crippen LogP contribution is -2.45. The molecule has 0 aromatic rings. The highest BCUT2D eigenvalue weighted by Crippen LogP contribution is 2.66. The van der Waals surface area contributed by atoms with Gasteiger partial charge in [0, 0.05) is 0 Å². The van der Waals surface area contributed by atoms with E-state index in [0.717, 1.165) is 12.8 Å². The van der Waals surface area contributed by atoms with Gasteiger partial charge in [-0.25, -0.2) is 4.79 Å². The molecule has 2 bridgehead atoms. The summed E-state index contributed by atoms with van der Waals surface area (Å²) in [5, 5.41) is 10.0. The zero-order chi connectivity index (χ0) is 14.5. The molecular formula is C15H26O4. The Hall–Kier alpha value is -0.610. The average molecular weight is 270 g/mol. The predicted molar refractivity (Wildman–Crippen MR) is 71.6 cm³/mol. The van der Waals surface area contributed by atoms with Crippen LogP contribution < -0.4 is 0 Å². The molecule has 4 nitrogen and oxygen atoms in total. The highest BCUT2D eigenvalue weighted by Gasteiger charge is 2.62. The molecule has 1 N–H and O–H groups in total. The van der Waals surface area contributed by atoms with Crippen LogP contribution in [0.5, 0.6) is 0 Å². The molecule has 0 radical (unpaired) electrons. The topological polar surface area (TPSA) is 55.8 Å². The van der Waals surface area contributed by atoms with Crippen LogP contribution in [-0.4, -0.2) is 36.5 Å². The number of esters is 1. The molecule has 2 fully saturated rings. The number of carbonyl (C=O) groups excluding carboxylic acids is 1. The molecule has 4 heteroatoms. The van der Waals surface area contributed by atoms with E-state index in [4.69, 9.17) is 4.74 Å². The average Bonchev–Trinajstić information content (AvgIpc) is 2.67. The van der Waals surface area contributed by atoms with E-state index in [9.17, 15) is 9.90 Å². The van der Waals surface area contributed by atoms with Gasteiger partial charge in [-0.3, -0.25) is 0 Å². The number of hydrogen-bond donors (Lipinski definition) is 1. The minimum atomic E-state index is -1.56. The van der Waals surface area contributed by atoms with Crippen LogP contribution in [0.25, 0.3) is 0 Å². The number of methoxy groups -OCH3 is 1. The monoisotopic (exact) mass is 270 g/mol. The van der Waals surface area contributed by atoms with Crippen LogP contribution in [0, 0.1) is 16.7 Å². The maximum absolute atomic E-state index is 11.5. The molecule has 2 rings (SSSR count). The summed E-state index contributed by atoms with van der Waals surface area (Å²) in [6.07, 6.45) is 3.57. The Morgan fingerprint density at radius 3 is 2.47 bits per heavy atom. The molecule has 0 saturated heterocycles. The number of ether oxygens (including phenoxy) is 2. The summed E-state index contributed by atoms with van der Waals surface area (Å²) in [5.74, 6) is 0.0469. The number of rotatable bonds is 4. The van der Waals surface area contributed by atoms with Crippen LogP contribution in [0.3, 0.4) is 0 Å². The second kappa shape index (κ2) is 4.45. The van der Waals surface area contributed by atoms with E-state index in [1.807, 2.05) is 0 Å². The molecule has 0 aliphatic heterocycles. The summed E-state index contributed by atoms with van der Waals surface area (Å²) in [5.41, 5.74) is -1.14. The van der Waals surface area contributed by atoms with Gasteiger partial charge in [0.2, 0.25) is 0 Å². The summed E-state index contributed by atoms with van der Waals surface area (Å²) in [6, 6.07) is 0. The van der Waals surface area contributed by atoms with Gasteiger partial charge in [-0.1, -0.05) is 20.8 Å². The van der Waals surface area contributed by atoms with Crippen molar-refractivity contribution in [2.45, 2.75) is 58.7 Å². The third-order valence-electron chi connectivity index (χ3n) is 5.90. The fraction of sp³-hybridized carbons (Fsp3) is 0.933. The third-order valence-corrected chi connectivity index (χ3v) is 5.90. The lowest BCUT2D eigenvalue weighted by molar-refractivity contribution is -0.172. The quantitative estimate of drug-likeness (QED) is 0.795. The molecule has 0 amide bonds. The van der Waals surface area contributed by atoms with Crippen molar-refractivity contribution in [3.63, 3.8) is 0 Å². The van der Waals surface area contributed by atoms with Crippen molar-refractivity contribution in [3.05, 3.63) is 0 Å². The number of carbonyl (C=O) groups is 1. The number of fused-ring (bicyclic) bond motifs is 2. The second-order valence-corrected chi connectivity index (χ2v) is 7.18. The van der Waals surface area contributed by atoms with Crippen LogP contribution in [0.2, 0.25) is 0 Å². The number of aliphatic hydroxyl groups is 1. The first-order valence-electron chi connectivity index (χ1n) is 7.07. The van der Waals surface area contributed by atoms with E-state index in [0.29, 0.717) is 5.92 Å². The van der Waals surface area contributed by atoms with Gasteiger partial charge in [0.1, 0.15) is 0 Å². The van der Waals surface area contributed by atoms with Gasteiger partial charge >= 0.3 is 5.97 Å². The smallest absolute Gasteiger partial charge is 0.339 e. The van der Waals surface area contributed by atoms with E-state index in [2.05, 4.69) is 25.5 Å². The van der Waals surface area contributed by atoms with Crippen molar-refractivity contribution in [1.82, 2.24) is 0 Å². The zero-order valence-electron chi connectivity index (χ0n) is 12.7. The lowest BCUT2D eigenvalue weighted by atomic mass is 9.70. The molecule has 0 heterocycles. The van der Waals surface area contributed by atoms with Gasteiger partial charge in [0.05, 0.1) is 19.8 Å². The molecule has 2 aliphatic rings. The Kier molecular flexibility index (Phi) is 3.47. The van der Waals surface area contributed by atoms with Crippen LogP contribution in [-0.2, 0) is 14.3 Å².